The van der Waals surface area contributed by atoms with Crippen LogP contribution in [0.5, 0.6) is 0 Å². The molecule has 1 fully saturated rings. The molecular formula is C23H22F3N5O3. The van der Waals surface area contributed by atoms with Crippen LogP contribution in [0.3, 0.4) is 0 Å². The molecule has 3 aromatic rings. The van der Waals surface area contributed by atoms with Crippen LogP contribution < -0.4 is 10.9 Å². The summed E-state index contributed by atoms with van der Waals surface area (Å²) in [7, 11) is 0. The molecule has 0 unspecified atom stereocenters. The van der Waals surface area contributed by atoms with Crippen molar-refractivity contribution in [3.8, 4) is 0 Å². The Morgan fingerprint density at radius 1 is 0.941 bits per heavy atom. The van der Waals surface area contributed by atoms with Crippen molar-refractivity contribution in [2.45, 2.75) is 12.7 Å². The highest BCUT2D eigenvalue weighted by Gasteiger charge is 2.33. The van der Waals surface area contributed by atoms with E-state index in [2.05, 4.69) is 10.3 Å². The van der Waals surface area contributed by atoms with Crippen molar-refractivity contribution in [1.82, 2.24) is 19.4 Å². The third kappa shape index (κ3) is 5.25. The molecule has 34 heavy (non-hydrogen) atoms. The summed E-state index contributed by atoms with van der Waals surface area (Å²) in [6.07, 6.45) is -3.39. The number of benzene rings is 2. The lowest BCUT2D eigenvalue weighted by molar-refractivity contribution is -0.137. The quantitative estimate of drug-likeness (QED) is 0.614. The number of halogens is 3. The number of amides is 2. The molecule has 0 aliphatic carbocycles. The first kappa shape index (κ1) is 23.4. The number of hydrogen-bond acceptors (Lipinski definition) is 5. The summed E-state index contributed by atoms with van der Waals surface area (Å²) in [5, 5.41) is 2.33. The van der Waals surface area contributed by atoms with Crippen LogP contribution in [0, 0.1) is 0 Å². The second-order valence-electron chi connectivity index (χ2n) is 7.92. The first-order chi connectivity index (χ1) is 16.2. The number of rotatable bonds is 5. The van der Waals surface area contributed by atoms with Crippen LogP contribution in [0.25, 0.3) is 11.0 Å². The van der Waals surface area contributed by atoms with Crippen molar-refractivity contribution in [3.05, 3.63) is 70.6 Å². The van der Waals surface area contributed by atoms with E-state index in [0.29, 0.717) is 37.2 Å². The van der Waals surface area contributed by atoms with Crippen molar-refractivity contribution < 1.29 is 22.8 Å². The molecule has 2 amide bonds. The van der Waals surface area contributed by atoms with Gasteiger partial charge in [0.05, 0.1) is 35.0 Å². The van der Waals surface area contributed by atoms with Gasteiger partial charge >= 0.3 is 6.18 Å². The van der Waals surface area contributed by atoms with E-state index in [1.165, 1.54) is 29.0 Å². The van der Waals surface area contributed by atoms with Crippen molar-refractivity contribution in [2.75, 3.05) is 38.0 Å². The second kappa shape index (κ2) is 9.64. The Morgan fingerprint density at radius 3 is 2.35 bits per heavy atom. The molecular weight excluding hydrogens is 451 g/mol. The molecule has 4 rings (SSSR count). The monoisotopic (exact) mass is 473 g/mol. The van der Waals surface area contributed by atoms with Gasteiger partial charge in [-0.25, -0.2) is 4.98 Å². The summed E-state index contributed by atoms with van der Waals surface area (Å²) in [4.78, 5) is 44.9. The minimum absolute atomic E-state index is 0.0946. The van der Waals surface area contributed by atoms with Crippen LogP contribution in [0.15, 0.2) is 59.5 Å². The van der Waals surface area contributed by atoms with Crippen LogP contribution in [-0.4, -0.2) is 63.9 Å². The number of nitrogens with zero attached hydrogens (tertiary/aromatic N) is 4. The van der Waals surface area contributed by atoms with Gasteiger partial charge in [0.2, 0.25) is 11.8 Å². The first-order valence-electron chi connectivity index (χ1n) is 10.6. The maximum Gasteiger partial charge on any atom is 0.418 e. The third-order valence-electron chi connectivity index (χ3n) is 5.64. The van der Waals surface area contributed by atoms with Gasteiger partial charge in [0.25, 0.3) is 5.56 Å². The number of alkyl halides is 3. The molecule has 0 spiro atoms. The summed E-state index contributed by atoms with van der Waals surface area (Å²) in [5.74, 6) is -0.798. The predicted octanol–water partition coefficient (Wildman–Crippen LogP) is 2.20. The van der Waals surface area contributed by atoms with Gasteiger partial charge in [-0.15, -0.1) is 0 Å². The number of nitrogens with one attached hydrogen (secondary N) is 1. The van der Waals surface area contributed by atoms with Crippen LogP contribution in [0.4, 0.5) is 18.9 Å². The van der Waals surface area contributed by atoms with Crippen molar-refractivity contribution in [2.24, 2.45) is 0 Å². The molecule has 11 heteroatoms. The zero-order valence-corrected chi connectivity index (χ0v) is 18.1. The van der Waals surface area contributed by atoms with Gasteiger partial charge in [-0.3, -0.25) is 23.9 Å². The van der Waals surface area contributed by atoms with Gasteiger partial charge in [-0.05, 0) is 24.3 Å². The lowest BCUT2D eigenvalue weighted by atomic mass is 10.1. The Labute approximate surface area is 192 Å². The van der Waals surface area contributed by atoms with Gasteiger partial charge in [0.1, 0.15) is 6.54 Å². The van der Waals surface area contributed by atoms with E-state index in [9.17, 15) is 27.6 Å². The molecule has 1 aliphatic heterocycles. The van der Waals surface area contributed by atoms with E-state index in [1.54, 1.807) is 34.1 Å². The zero-order valence-electron chi connectivity index (χ0n) is 18.1. The fraction of sp³-hybridized carbons (Fsp3) is 0.304. The van der Waals surface area contributed by atoms with E-state index in [1.807, 2.05) is 0 Å². The molecule has 178 valence electrons. The van der Waals surface area contributed by atoms with E-state index < -0.39 is 17.6 Å². The van der Waals surface area contributed by atoms with Gasteiger partial charge in [0, 0.05) is 26.2 Å². The van der Waals surface area contributed by atoms with Crippen molar-refractivity contribution in [3.63, 3.8) is 0 Å². The molecule has 8 nitrogen and oxygen atoms in total. The standard InChI is InChI=1S/C23H22F3N5O3/c24-23(25,26)16-5-1-2-6-17(16)28-20(32)14-29-9-11-30(12-10-29)22(34)15-31-19-8-4-3-7-18(19)27-13-21(31)33/h1-8,13H,9-12,14-15H2,(H,28,32). The van der Waals surface area contributed by atoms with E-state index >= 15 is 0 Å². The summed E-state index contributed by atoms with van der Waals surface area (Å²) < 4.78 is 40.7. The number of para-hydroxylation sites is 3. The molecule has 2 aromatic carbocycles. The fourth-order valence-corrected chi connectivity index (χ4v) is 3.90. The zero-order chi connectivity index (χ0) is 24.3. The van der Waals surface area contributed by atoms with Crippen LogP contribution >= 0.6 is 0 Å². The third-order valence-corrected chi connectivity index (χ3v) is 5.64. The fourth-order valence-electron chi connectivity index (χ4n) is 3.90. The summed E-state index contributed by atoms with van der Waals surface area (Å²) in [5.41, 5.74) is -0.390. The molecule has 1 N–H and O–H groups in total. The topological polar surface area (TPSA) is 87.5 Å². The number of piperazine rings is 1. The Hall–Kier alpha value is -3.73. The largest absolute Gasteiger partial charge is 0.418 e. The average Bonchev–Trinajstić information content (AvgIpc) is 2.81. The molecule has 1 aliphatic rings. The molecule has 0 bridgehead atoms. The van der Waals surface area contributed by atoms with Gasteiger partial charge in [-0.2, -0.15) is 13.2 Å². The number of anilines is 1. The smallest absolute Gasteiger partial charge is 0.339 e. The maximum atomic E-state index is 13.1. The Bertz CT molecular complexity index is 1270. The van der Waals surface area contributed by atoms with Crippen LogP contribution in [0.2, 0.25) is 0 Å². The number of carbonyl (C=O) groups is 2. The highest BCUT2D eigenvalue weighted by atomic mass is 19.4. The van der Waals surface area contributed by atoms with Crippen molar-refractivity contribution in [1.29, 1.82) is 0 Å². The van der Waals surface area contributed by atoms with Gasteiger partial charge in [0.15, 0.2) is 0 Å². The van der Waals surface area contributed by atoms with Crippen LogP contribution in [0.1, 0.15) is 5.56 Å². The molecule has 2 heterocycles. The number of aromatic nitrogens is 2. The second-order valence-corrected chi connectivity index (χ2v) is 7.92. The highest BCUT2D eigenvalue weighted by molar-refractivity contribution is 5.93. The molecule has 0 saturated carbocycles. The normalized spacial score (nSPS) is 14.9. The van der Waals surface area contributed by atoms with E-state index in [0.717, 1.165) is 6.07 Å². The molecule has 0 radical (unpaired) electrons. The first-order valence-corrected chi connectivity index (χ1v) is 10.6. The minimum atomic E-state index is -4.57. The summed E-state index contributed by atoms with van der Waals surface area (Å²) in [6, 6.07) is 11.9. The van der Waals surface area contributed by atoms with Gasteiger partial charge < -0.3 is 10.2 Å². The van der Waals surface area contributed by atoms with Gasteiger partial charge in [-0.1, -0.05) is 24.3 Å². The Balaban J connectivity index is 1.33. The molecule has 1 saturated heterocycles. The number of fused-ring (bicyclic) bond motifs is 1. The SMILES string of the molecule is O=C(CN1CCN(C(=O)Cn2c(=O)cnc3ccccc32)CC1)Nc1ccccc1C(F)(F)F. The Kier molecular flexibility index (Phi) is 6.64. The minimum Gasteiger partial charge on any atom is -0.339 e. The lowest BCUT2D eigenvalue weighted by Crippen LogP contribution is -2.51. The summed E-state index contributed by atoms with van der Waals surface area (Å²) >= 11 is 0. The molecule has 0 atom stereocenters. The molecule has 1 aromatic heterocycles. The van der Waals surface area contributed by atoms with Crippen molar-refractivity contribution >= 4 is 28.5 Å². The average molecular weight is 473 g/mol. The number of carbonyl (C=O) groups excluding carboxylic acids is 2. The maximum absolute atomic E-state index is 13.1. The summed E-state index contributed by atoms with van der Waals surface area (Å²) in [6.45, 7) is 1.21. The Morgan fingerprint density at radius 2 is 1.62 bits per heavy atom. The van der Waals surface area contributed by atoms with E-state index in [4.69, 9.17) is 0 Å². The van der Waals surface area contributed by atoms with E-state index in [-0.39, 0.29) is 30.2 Å². The number of hydrogen-bond donors (Lipinski definition) is 1. The predicted molar refractivity (Wildman–Crippen MR) is 119 cm³/mol. The lowest BCUT2D eigenvalue weighted by Gasteiger charge is -2.34. The van der Waals surface area contributed by atoms with Crippen LogP contribution in [-0.2, 0) is 22.3 Å². The highest BCUT2D eigenvalue weighted by Crippen LogP contribution is 2.34.